The number of ketones is 1. The molecule has 0 atom stereocenters. The molecule has 0 aliphatic rings. The highest BCUT2D eigenvalue weighted by atomic mass is 35.5. The van der Waals surface area contributed by atoms with Gasteiger partial charge in [0.1, 0.15) is 5.75 Å². The van der Waals surface area contributed by atoms with Crippen LogP contribution in [0.4, 0.5) is 0 Å². The van der Waals surface area contributed by atoms with E-state index < -0.39 is 0 Å². The number of ether oxygens (including phenoxy) is 1. The highest BCUT2D eigenvalue weighted by Gasteiger charge is 2.16. The number of aryl methyl sites for hydroxylation is 1. The summed E-state index contributed by atoms with van der Waals surface area (Å²) >= 11 is 7.57. The van der Waals surface area contributed by atoms with Crippen molar-refractivity contribution in [1.82, 2.24) is 0 Å². The summed E-state index contributed by atoms with van der Waals surface area (Å²) in [6.45, 7) is 1.91. The number of methoxy groups -OCH3 is 1. The van der Waals surface area contributed by atoms with E-state index in [2.05, 4.69) is 0 Å². The Morgan fingerprint density at radius 2 is 1.86 bits per heavy atom. The quantitative estimate of drug-likeness (QED) is 0.628. The zero-order valence-electron chi connectivity index (χ0n) is 11.6. The van der Waals surface area contributed by atoms with E-state index in [1.165, 1.54) is 11.3 Å². The molecule has 3 aromatic rings. The van der Waals surface area contributed by atoms with Gasteiger partial charge < -0.3 is 4.74 Å². The van der Waals surface area contributed by atoms with Crippen LogP contribution in [0.1, 0.15) is 20.8 Å². The third kappa shape index (κ3) is 2.55. The molecule has 1 aromatic heterocycles. The van der Waals surface area contributed by atoms with Crippen molar-refractivity contribution in [3.63, 3.8) is 0 Å². The van der Waals surface area contributed by atoms with Crippen molar-refractivity contribution in [1.29, 1.82) is 0 Å². The van der Waals surface area contributed by atoms with E-state index in [4.69, 9.17) is 16.3 Å². The van der Waals surface area contributed by atoms with Crippen molar-refractivity contribution in [2.24, 2.45) is 0 Å². The number of carbonyl (C=O) groups is 1. The maximum Gasteiger partial charge on any atom is 0.204 e. The molecule has 0 bridgehead atoms. The van der Waals surface area contributed by atoms with Gasteiger partial charge in [-0.05, 0) is 46.8 Å². The minimum atomic E-state index is -0.0316. The lowest BCUT2D eigenvalue weighted by molar-refractivity contribution is 0.104. The number of thiophene rings is 1. The molecule has 1 heterocycles. The fourth-order valence-corrected chi connectivity index (χ4v) is 3.45. The van der Waals surface area contributed by atoms with Crippen LogP contribution in [0.5, 0.6) is 5.75 Å². The van der Waals surface area contributed by atoms with Crippen molar-refractivity contribution in [2.45, 2.75) is 6.92 Å². The molecular weight excluding hydrogens is 304 g/mol. The Labute approximate surface area is 131 Å². The van der Waals surface area contributed by atoms with Gasteiger partial charge >= 0.3 is 0 Å². The van der Waals surface area contributed by atoms with Gasteiger partial charge in [-0.25, -0.2) is 0 Å². The van der Waals surface area contributed by atoms with Crippen molar-refractivity contribution in [3.05, 3.63) is 62.8 Å². The first kappa shape index (κ1) is 14.1. The Bertz CT molecular complexity index is 836. The van der Waals surface area contributed by atoms with Crippen LogP contribution in [-0.2, 0) is 0 Å². The lowest BCUT2D eigenvalue weighted by atomic mass is 10.0. The van der Waals surface area contributed by atoms with Crippen molar-refractivity contribution < 1.29 is 9.53 Å². The van der Waals surface area contributed by atoms with E-state index in [0.717, 1.165) is 22.1 Å². The fourth-order valence-electron chi connectivity index (χ4n) is 2.21. The lowest BCUT2D eigenvalue weighted by Crippen LogP contribution is -1.99. The molecule has 2 nitrogen and oxygen atoms in total. The van der Waals surface area contributed by atoms with Crippen LogP contribution in [0.3, 0.4) is 0 Å². The van der Waals surface area contributed by atoms with Gasteiger partial charge in [0.05, 0.1) is 17.0 Å². The maximum absolute atomic E-state index is 12.5. The normalized spacial score (nSPS) is 10.8. The van der Waals surface area contributed by atoms with Gasteiger partial charge in [-0.2, -0.15) is 0 Å². The van der Waals surface area contributed by atoms with Crippen molar-refractivity contribution in [3.8, 4) is 5.75 Å². The monoisotopic (exact) mass is 316 g/mol. The molecule has 0 spiro atoms. The van der Waals surface area contributed by atoms with E-state index >= 15 is 0 Å². The van der Waals surface area contributed by atoms with Crippen molar-refractivity contribution >= 4 is 39.5 Å². The average molecular weight is 317 g/mol. The number of hydrogen-bond donors (Lipinski definition) is 0. The fraction of sp³-hybridized carbons (Fsp3) is 0.118. The van der Waals surface area contributed by atoms with E-state index in [0.29, 0.717) is 15.5 Å². The Hall–Kier alpha value is -1.84. The van der Waals surface area contributed by atoms with Crippen LogP contribution in [0.2, 0.25) is 5.02 Å². The minimum absolute atomic E-state index is 0.0316. The molecule has 0 fully saturated rings. The van der Waals surface area contributed by atoms with E-state index in [9.17, 15) is 4.79 Å². The Morgan fingerprint density at radius 3 is 2.52 bits per heavy atom. The third-order valence-corrected chi connectivity index (χ3v) is 5.11. The van der Waals surface area contributed by atoms with Crippen LogP contribution in [0.25, 0.3) is 10.8 Å². The second-order valence-electron chi connectivity index (χ2n) is 4.82. The van der Waals surface area contributed by atoms with Gasteiger partial charge in [0, 0.05) is 5.56 Å². The summed E-state index contributed by atoms with van der Waals surface area (Å²) in [5.74, 6) is 0.773. The molecule has 0 aliphatic heterocycles. The standard InChI is InChI=1S/C17H13ClO2S/c1-10-9-21-17(15(10)18)16(19)13-4-3-12-8-14(20-2)6-5-11(12)7-13/h3-9H,1-2H3. The molecule has 0 aliphatic carbocycles. The molecule has 0 unspecified atom stereocenters. The third-order valence-electron chi connectivity index (χ3n) is 3.41. The Balaban J connectivity index is 2.05. The molecule has 4 heteroatoms. The molecular formula is C17H13ClO2S. The average Bonchev–Trinajstić information content (AvgIpc) is 2.85. The predicted octanol–water partition coefficient (Wildman–Crippen LogP) is 5.10. The SMILES string of the molecule is COc1ccc2cc(C(=O)c3scc(C)c3Cl)ccc2c1. The zero-order valence-corrected chi connectivity index (χ0v) is 13.2. The number of carbonyl (C=O) groups excluding carboxylic acids is 1. The molecule has 3 rings (SSSR count). The lowest BCUT2D eigenvalue weighted by Gasteiger charge is -2.05. The highest BCUT2D eigenvalue weighted by Crippen LogP contribution is 2.30. The Kier molecular flexibility index (Phi) is 3.70. The molecule has 2 aromatic carbocycles. The van der Waals surface area contributed by atoms with E-state index in [1.54, 1.807) is 7.11 Å². The smallest absolute Gasteiger partial charge is 0.204 e. The molecule has 0 amide bonds. The summed E-state index contributed by atoms with van der Waals surface area (Å²) in [4.78, 5) is 13.1. The number of hydrogen-bond acceptors (Lipinski definition) is 3. The summed E-state index contributed by atoms with van der Waals surface area (Å²) < 4.78 is 5.21. The Morgan fingerprint density at radius 1 is 1.14 bits per heavy atom. The van der Waals surface area contributed by atoms with Crippen molar-refractivity contribution in [2.75, 3.05) is 7.11 Å². The molecule has 0 radical (unpaired) electrons. The molecule has 0 saturated heterocycles. The summed E-state index contributed by atoms with van der Waals surface area (Å²) in [7, 11) is 1.64. The summed E-state index contributed by atoms with van der Waals surface area (Å²) in [6.07, 6.45) is 0. The first-order chi connectivity index (χ1) is 10.1. The zero-order chi connectivity index (χ0) is 15.0. The number of fused-ring (bicyclic) bond motifs is 1. The first-order valence-corrected chi connectivity index (χ1v) is 7.72. The number of halogens is 1. The first-order valence-electron chi connectivity index (χ1n) is 6.46. The van der Waals surface area contributed by atoms with E-state index in [1.807, 2.05) is 48.7 Å². The van der Waals surface area contributed by atoms with Gasteiger partial charge in [-0.15, -0.1) is 11.3 Å². The largest absolute Gasteiger partial charge is 0.497 e. The minimum Gasteiger partial charge on any atom is -0.497 e. The molecule has 21 heavy (non-hydrogen) atoms. The maximum atomic E-state index is 12.5. The molecule has 106 valence electrons. The van der Waals surface area contributed by atoms with Crippen LogP contribution >= 0.6 is 22.9 Å². The van der Waals surface area contributed by atoms with E-state index in [-0.39, 0.29) is 5.78 Å². The molecule has 0 N–H and O–H groups in total. The number of rotatable bonds is 3. The summed E-state index contributed by atoms with van der Waals surface area (Å²) in [6, 6.07) is 11.4. The highest BCUT2D eigenvalue weighted by molar-refractivity contribution is 7.13. The van der Waals surface area contributed by atoms with Crippen LogP contribution in [0.15, 0.2) is 41.8 Å². The summed E-state index contributed by atoms with van der Waals surface area (Å²) in [5, 5.41) is 4.51. The van der Waals surface area contributed by atoms with Gasteiger partial charge in [-0.1, -0.05) is 29.8 Å². The van der Waals surface area contributed by atoms with Gasteiger partial charge in [0.25, 0.3) is 0 Å². The summed E-state index contributed by atoms with van der Waals surface area (Å²) in [5.41, 5.74) is 1.59. The second kappa shape index (κ2) is 5.51. The van der Waals surface area contributed by atoms with Gasteiger partial charge in [0.2, 0.25) is 5.78 Å². The number of benzene rings is 2. The van der Waals surface area contributed by atoms with Crippen LogP contribution in [0, 0.1) is 6.92 Å². The van der Waals surface area contributed by atoms with Crippen LogP contribution in [-0.4, -0.2) is 12.9 Å². The predicted molar refractivity (Wildman–Crippen MR) is 88.0 cm³/mol. The van der Waals surface area contributed by atoms with Gasteiger partial charge in [0.15, 0.2) is 0 Å². The topological polar surface area (TPSA) is 26.3 Å². The van der Waals surface area contributed by atoms with Crippen LogP contribution < -0.4 is 4.74 Å². The van der Waals surface area contributed by atoms with Gasteiger partial charge in [-0.3, -0.25) is 4.79 Å². The molecule has 0 saturated carbocycles. The second-order valence-corrected chi connectivity index (χ2v) is 6.08.